The number of hydrogen-bond donors (Lipinski definition) is 2. The van der Waals surface area contributed by atoms with E-state index in [0.717, 1.165) is 25.3 Å². The summed E-state index contributed by atoms with van der Waals surface area (Å²) in [6.07, 6.45) is 9.56. The lowest BCUT2D eigenvalue weighted by Crippen LogP contribution is -2.35. The fourth-order valence-corrected chi connectivity index (χ4v) is 2.77. The third kappa shape index (κ3) is 3.42. The molecule has 0 unspecified atom stereocenters. The van der Waals surface area contributed by atoms with Gasteiger partial charge >= 0.3 is 0 Å². The van der Waals surface area contributed by atoms with Crippen molar-refractivity contribution < 1.29 is 0 Å². The fraction of sp³-hybridized carbons (Fsp3) is 0.375. The molecule has 5 heteroatoms. The Kier molecular flexibility index (Phi) is 4.19. The van der Waals surface area contributed by atoms with Crippen LogP contribution in [0.2, 0.25) is 0 Å². The minimum Gasteiger partial charge on any atom is -0.396 e. The predicted octanol–water partition coefficient (Wildman–Crippen LogP) is 2.39. The Hall–Kier alpha value is -2.30. The second kappa shape index (κ2) is 6.43. The summed E-state index contributed by atoms with van der Waals surface area (Å²) in [6.45, 7) is 3.17. The van der Waals surface area contributed by atoms with Crippen LogP contribution in [0.4, 0.5) is 17.1 Å². The van der Waals surface area contributed by atoms with Crippen molar-refractivity contribution in [3.63, 3.8) is 0 Å². The molecule has 1 saturated heterocycles. The zero-order valence-corrected chi connectivity index (χ0v) is 12.1. The van der Waals surface area contributed by atoms with Gasteiger partial charge < -0.3 is 16.0 Å². The molecule has 0 aromatic carbocycles. The average molecular weight is 283 g/mol. The molecular formula is C16H21N5. The summed E-state index contributed by atoms with van der Waals surface area (Å²) in [5.41, 5.74) is 8.87. The predicted molar refractivity (Wildman–Crippen MR) is 86.3 cm³/mol. The van der Waals surface area contributed by atoms with E-state index in [1.807, 2.05) is 18.5 Å². The van der Waals surface area contributed by atoms with E-state index >= 15 is 0 Å². The first kappa shape index (κ1) is 13.7. The third-order valence-corrected chi connectivity index (χ3v) is 4.08. The summed E-state index contributed by atoms with van der Waals surface area (Å²) < 4.78 is 0. The van der Waals surface area contributed by atoms with E-state index in [2.05, 4.69) is 32.3 Å². The van der Waals surface area contributed by atoms with E-state index in [0.29, 0.717) is 11.6 Å². The molecule has 1 aliphatic rings. The van der Waals surface area contributed by atoms with E-state index in [1.54, 1.807) is 12.4 Å². The summed E-state index contributed by atoms with van der Waals surface area (Å²) in [5.74, 6) is 0.690. The van der Waals surface area contributed by atoms with Crippen molar-refractivity contribution in [1.29, 1.82) is 0 Å². The van der Waals surface area contributed by atoms with Crippen LogP contribution < -0.4 is 16.0 Å². The number of nitrogens with one attached hydrogen (secondary N) is 1. The van der Waals surface area contributed by atoms with Crippen molar-refractivity contribution in [2.75, 3.05) is 35.6 Å². The van der Waals surface area contributed by atoms with Gasteiger partial charge in [-0.2, -0.15) is 0 Å². The summed E-state index contributed by atoms with van der Waals surface area (Å²) in [7, 11) is 0. The maximum Gasteiger partial charge on any atom is 0.0736 e. The van der Waals surface area contributed by atoms with Crippen molar-refractivity contribution in [1.82, 2.24) is 9.97 Å². The molecular weight excluding hydrogens is 262 g/mol. The number of anilines is 3. The fourth-order valence-electron chi connectivity index (χ4n) is 2.77. The number of aromatic nitrogens is 2. The van der Waals surface area contributed by atoms with Crippen LogP contribution >= 0.6 is 0 Å². The van der Waals surface area contributed by atoms with E-state index < -0.39 is 0 Å². The number of nitrogens with two attached hydrogens (primary N) is 1. The number of nitrogen functional groups attached to an aromatic ring is 1. The van der Waals surface area contributed by atoms with Gasteiger partial charge in [0.05, 0.1) is 17.6 Å². The van der Waals surface area contributed by atoms with Crippen molar-refractivity contribution in [2.45, 2.75) is 12.8 Å². The molecule has 0 atom stereocenters. The van der Waals surface area contributed by atoms with Gasteiger partial charge in [-0.3, -0.25) is 9.97 Å². The Morgan fingerprint density at radius 3 is 2.52 bits per heavy atom. The monoisotopic (exact) mass is 283 g/mol. The highest BCUT2D eigenvalue weighted by Crippen LogP contribution is 2.24. The van der Waals surface area contributed by atoms with E-state index in [4.69, 9.17) is 5.73 Å². The van der Waals surface area contributed by atoms with Crippen molar-refractivity contribution in [3.05, 3.63) is 43.0 Å². The van der Waals surface area contributed by atoms with Crippen LogP contribution in [0.25, 0.3) is 0 Å². The summed E-state index contributed by atoms with van der Waals surface area (Å²) in [4.78, 5) is 10.5. The van der Waals surface area contributed by atoms with Gasteiger partial charge in [0.2, 0.25) is 0 Å². The molecule has 0 aliphatic carbocycles. The van der Waals surface area contributed by atoms with E-state index in [9.17, 15) is 0 Å². The molecule has 5 nitrogen and oxygen atoms in total. The van der Waals surface area contributed by atoms with E-state index in [-0.39, 0.29) is 0 Å². The highest BCUT2D eigenvalue weighted by molar-refractivity contribution is 5.64. The Labute approximate surface area is 125 Å². The van der Waals surface area contributed by atoms with Crippen LogP contribution in [0.15, 0.2) is 43.0 Å². The summed E-state index contributed by atoms with van der Waals surface area (Å²) in [6, 6.07) is 6.09. The number of hydrogen-bond acceptors (Lipinski definition) is 5. The molecule has 2 aromatic heterocycles. The molecule has 3 rings (SSSR count). The first-order valence-corrected chi connectivity index (χ1v) is 7.41. The summed E-state index contributed by atoms with van der Waals surface area (Å²) >= 11 is 0. The quantitative estimate of drug-likeness (QED) is 0.902. The number of piperidine rings is 1. The molecule has 3 heterocycles. The SMILES string of the molecule is Nc1cnccc1NCC1CCN(c2ccncc2)CC1. The molecule has 0 saturated carbocycles. The van der Waals surface area contributed by atoms with Crippen molar-refractivity contribution >= 4 is 17.1 Å². The lowest BCUT2D eigenvalue weighted by Gasteiger charge is -2.33. The first-order chi connectivity index (χ1) is 10.3. The third-order valence-electron chi connectivity index (χ3n) is 4.08. The maximum atomic E-state index is 5.90. The zero-order chi connectivity index (χ0) is 14.5. The minimum atomic E-state index is 0.690. The molecule has 3 N–H and O–H groups in total. The number of pyridine rings is 2. The standard InChI is InChI=1S/C16H21N5/c17-15-12-19-8-3-16(15)20-11-13-4-9-21(10-5-13)14-1-6-18-7-2-14/h1-3,6-8,12-13H,4-5,9-11,17H2,(H,19,20). The Morgan fingerprint density at radius 2 is 1.81 bits per heavy atom. The molecule has 0 spiro atoms. The van der Waals surface area contributed by atoms with Crippen LogP contribution in [0.1, 0.15) is 12.8 Å². The van der Waals surface area contributed by atoms with Gasteiger partial charge in [-0.15, -0.1) is 0 Å². The topological polar surface area (TPSA) is 67.1 Å². The highest BCUT2D eigenvalue weighted by Gasteiger charge is 2.19. The molecule has 1 aliphatic heterocycles. The molecule has 0 bridgehead atoms. The second-order valence-electron chi connectivity index (χ2n) is 5.48. The van der Waals surface area contributed by atoms with Gasteiger partial charge in [0.1, 0.15) is 0 Å². The van der Waals surface area contributed by atoms with E-state index in [1.165, 1.54) is 18.5 Å². The average Bonchev–Trinajstić information content (AvgIpc) is 2.55. The minimum absolute atomic E-state index is 0.690. The van der Waals surface area contributed by atoms with Crippen LogP contribution in [0.5, 0.6) is 0 Å². The first-order valence-electron chi connectivity index (χ1n) is 7.41. The van der Waals surface area contributed by atoms with Crippen LogP contribution in [0.3, 0.4) is 0 Å². The van der Waals surface area contributed by atoms with Gasteiger partial charge in [-0.25, -0.2) is 0 Å². The molecule has 21 heavy (non-hydrogen) atoms. The van der Waals surface area contributed by atoms with Crippen LogP contribution in [-0.2, 0) is 0 Å². The normalized spacial score (nSPS) is 15.9. The summed E-state index contributed by atoms with van der Waals surface area (Å²) in [5, 5.41) is 3.44. The van der Waals surface area contributed by atoms with Crippen molar-refractivity contribution in [3.8, 4) is 0 Å². The highest BCUT2D eigenvalue weighted by atomic mass is 15.1. The van der Waals surface area contributed by atoms with Crippen LogP contribution in [0, 0.1) is 5.92 Å². The lowest BCUT2D eigenvalue weighted by atomic mass is 9.96. The molecule has 2 aromatic rings. The Morgan fingerprint density at radius 1 is 1.10 bits per heavy atom. The molecule has 110 valence electrons. The molecule has 0 radical (unpaired) electrons. The van der Waals surface area contributed by atoms with Crippen molar-refractivity contribution in [2.24, 2.45) is 5.92 Å². The van der Waals surface area contributed by atoms with Gasteiger partial charge in [-0.1, -0.05) is 0 Å². The largest absolute Gasteiger partial charge is 0.396 e. The van der Waals surface area contributed by atoms with Gasteiger partial charge in [0.15, 0.2) is 0 Å². The Balaban J connectivity index is 1.49. The number of rotatable bonds is 4. The molecule has 1 fully saturated rings. The Bertz CT molecular complexity index is 564. The second-order valence-corrected chi connectivity index (χ2v) is 5.48. The van der Waals surface area contributed by atoms with Gasteiger partial charge in [0, 0.05) is 43.9 Å². The van der Waals surface area contributed by atoms with Gasteiger partial charge in [-0.05, 0) is 37.0 Å². The molecule has 0 amide bonds. The van der Waals surface area contributed by atoms with Crippen LogP contribution in [-0.4, -0.2) is 29.6 Å². The number of nitrogens with zero attached hydrogens (tertiary/aromatic N) is 3. The zero-order valence-electron chi connectivity index (χ0n) is 12.1. The maximum absolute atomic E-state index is 5.90. The van der Waals surface area contributed by atoms with Gasteiger partial charge in [0.25, 0.3) is 0 Å². The smallest absolute Gasteiger partial charge is 0.0736 e. The lowest BCUT2D eigenvalue weighted by molar-refractivity contribution is 0.423.